The minimum absolute atomic E-state index is 0.772. The maximum atomic E-state index is 3.46. The van der Waals surface area contributed by atoms with Gasteiger partial charge in [0.05, 0.1) is 0 Å². The fraction of sp³-hybridized carbons (Fsp3) is 1.00. The molecule has 1 saturated carbocycles. The smallest absolute Gasteiger partial charge is 0.00112 e. The minimum Gasteiger partial charge on any atom is -0.316 e. The minimum atomic E-state index is 0.772. The van der Waals surface area contributed by atoms with E-state index in [1.165, 1.54) is 25.9 Å². The largest absolute Gasteiger partial charge is 0.316 e. The van der Waals surface area contributed by atoms with Crippen LogP contribution in [0.4, 0.5) is 0 Å². The molecular weight excluding hydrogens is 122 g/mol. The van der Waals surface area contributed by atoms with Crippen LogP contribution in [0.2, 0.25) is 0 Å². The van der Waals surface area contributed by atoms with Crippen molar-refractivity contribution in [2.45, 2.75) is 26.7 Å². The molecule has 1 aliphatic carbocycles. The maximum absolute atomic E-state index is 3.46. The Morgan fingerprint density at radius 2 is 2.30 bits per heavy atom. The molecule has 10 heavy (non-hydrogen) atoms. The topological polar surface area (TPSA) is 12.0 Å². The summed E-state index contributed by atoms with van der Waals surface area (Å²) in [5.74, 6) is 1.96. The zero-order chi connectivity index (χ0) is 7.19. The van der Waals surface area contributed by atoms with E-state index in [4.69, 9.17) is 0 Å². The molecule has 2 aliphatic rings. The second-order valence-electron chi connectivity index (χ2n) is 4.34. The predicted octanol–water partition coefficient (Wildman–Crippen LogP) is 1.64. The molecule has 2 fully saturated rings. The predicted molar refractivity (Wildman–Crippen MR) is 42.9 cm³/mol. The van der Waals surface area contributed by atoms with Crippen LogP contribution >= 0.6 is 0 Å². The molecule has 2 atom stereocenters. The molecule has 0 aromatic heterocycles. The van der Waals surface area contributed by atoms with E-state index in [1.807, 2.05) is 0 Å². The molecule has 0 bridgehead atoms. The lowest BCUT2D eigenvalue weighted by Gasteiger charge is -2.08. The third-order valence-corrected chi connectivity index (χ3v) is 3.33. The first-order chi connectivity index (χ1) is 4.75. The van der Waals surface area contributed by atoms with Crippen molar-refractivity contribution in [3.05, 3.63) is 0 Å². The summed E-state index contributed by atoms with van der Waals surface area (Å²) in [6, 6.07) is 0. The Hall–Kier alpha value is -0.0400. The van der Waals surface area contributed by atoms with Gasteiger partial charge < -0.3 is 5.32 Å². The highest BCUT2D eigenvalue weighted by Crippen LogP contribution is 2.59. The maximum Gasteiger partial charge on any atom is 0.00112 e. The van der Waals surface area contributed by atoms with Crippen molar-refractivity contribution in [3.63, 3.8) is 0 Å². The molecule has 0 aromatic rings. The van der Waals surface area contributed by atoms with Crippen LogP contribution in [0.15, 0.2) is 0 Å². The molecule has 2 rings (SSSR count). The second-order valence-corrected chi connectivity index (χ2v) is 4.34. The molecule has 1 aliphatic heterocycles. The summed E-state index contributed by atoms with van der Waals surface area (Å²) in [6.07, 6.45) is 2.94. The molecule has 1 spiro atoms. The van der Waals surface area contributed by atoms with Gasteiger partial charge in [0, 0.05) is 6.54 Å². The van der Waals surface area contributed by atoms with Crippen LogP contribution < -0.4 is 5.32 Å². The van der Waals surface area contributed by atoms with Crippen molar-refractivity contribution in [1.82, 2.24) is 5.32 Å². The molecular formula is C9H17N. The van der Waals surface area contributed by atoms with Crippen LogP contribution in [0.25, 0.3) is 0 Å². The number of rotatable bonds is 1. The van der Waals surface area contributed by atoms with E-state index < -0.39 is 0 Å². The molecule has 0 amide bonds. The monoisotopic (exact) mass is 139 g/mol. The van der Waals surface area contributed by atoms with E-state index in [-0.39, 0.29) is 0 Å². The van der Waals surface area contributed by atoms with Crippen molar-refractivity contribution in [3.8, 4) is 0 Å². The first-order valence-electron chi connectivity index (χ1n) is 4.45. The third kappa shape index (κ3) is 0.800. The van der Waals surface area contributed by atoms with Gasteiger partial charge in [0.2, 0.25) is 0 Å². The molecule has 0 radical (unpaired) electrons. The zero-order valence-electron chi connectivity index (χ0n) is 6.98. The average molecular weight is 139 g/mol. The van der Waals surface area contributed by atoms with Crippen LogP contribution in [0.1, 0.15) is 26.7 Å². The highest BCUT2D eigenvalue weighted by molar-refractivity contribution is 5.07. The molecule has 1 saturated heterocycles. The van der Waals surface area contributed by atoms with Crippen LogP contribution in [0.3, 0.4) is 0 Å². The van der Waals surface area contributed by atoms with Gasteiger partial charge in [-0.1, -0.05) is 13.8 Å². The van der Waals surface area contributed by atoms with Crippen molar-refractivity contribution < 1.29 is 0 Å². The standard InChI is InChI=1S/C9H17N/c1-7(2)8-5-9(8)3-4-10-6-9/h7-8,10H,3-6H2,1-2H3. The van der Waals surface area contributed by atoms with Crippen molar-refractivity contribution in [2.24, 2.45) is 17.3 Å². The van der Waals surface area contributed by atoms with Gasteiger partial charge in [-0.3, -0.25) is 0 Å². The Morgan fingerprint density at radius 1 is 1.50 bits per heavy atom. The van der Waals surface area contributed by atoms with E-state index in [1.54, 1.807) is 0 Å². The summed E-state index contributed by atoms with van der Waals surface area (Å²) in [5.41, 5.74) is 0.772. The van der Waals surface area contributed by atoms with Gasteiger partial charge in [-0.25, -0.2) is 0 Å². The SMILES string of the molecule is CC(C)C1CC12CCNC2. The molecule has 1 N–H and O–H groups in total. The number of nitrogens with one attached hydrogen (secondary N) is 1. The van der Waals surface area contributed by atoms with Crippen molar-refractivity contribution in [1.29, 1.82) is 0 Å². The third-order valence-electron chi connectivity index (χ3n) is 3.33. The van der Waals surface area contributed by atoms with E-state index in [0.717, 1.165) is 17.3 Å². The second kappa shape index (κ2) is 1.97. The normalized spacial score (nSPS) is 45.3. The fourth-order valence-electron chi connectivity index (χ4n) is 2.58. The highest BCUT2D eigenvalue weighted by Gasteiger charge is 2.55. The number of hydrogen-bond donors (Lipinski definition) is 1. The summed E-state index contributed by atoms with van der Waals surface area (Å²) in [7, 11) is 0. The Kier molecular flexibility index (Phi) is 1.31. The molecule has 58 valence electrons. The summed E-state index contributed by atoms with van der Waals surface area (Å²) in [6.45, 7) is 7.29. The van der Waals surface area contributed by atoms with E-state index in [2.05, 4.69) is 19.2 Å². The lowest BCUT2D eigenvalue weighted by molar-refractivity contribution is 0.421. The Labute approximate surface area is 63.2 Å². The van der Waals surface area contributed by atoms with E-state index in [9.17, 15) is 0 Å². The Morgan fingerprint density at radius 3 is 2.70 bits per heavy atom. The van der Waals surface area contributed by atoms with Gasteiger partial charge in [-0.05, 0) is 36.6 Å². The van der Waals surface area contributed by atoms with Crippen molar-refractivity contribution in [2.75, 3.05) is 13.1 Å². The molecule has 0 aromatic carbocycles. The number of hydrogen-bond acceptors (Lipinski definition) is 1. The van der Waals surface area contributed by atoms with Crippen LogP contribution in [0.5, 0.6) is 0 Å². The molecule has 2 unspecified atom stereocenters. The van der Waals surface area contributed by atoms with Crippen molar-refractivity contribution >= 4 is 0 Å². The Bertz CT molecular complexity index is 134. The van der Waals surface area contributed by atoms with Gasteiger partial charge in [-0.2, -0.15) is 0 Å². The zero-order valence-corrected chi connectivity index (χ0v) is 6.98. The molecule has 1 heterocycles. The summed E-state index contributed by atoms with van der Waals surface area (Å²) < 4.78 is 0. The van der Waals surface area contributed by atoms with Gasteiger partial charge >= 0.3 is 0 Å². The van der Waals surface area contributed by atoms with Crippen LogP contribution in [0, 0.1) is 17.3 Å². The summed E-state index contributed by atoms with van der Waals surface area (Å²) >= 11 is 0. The average Bonchev–Trinajstić information content (AvgIpc) is 2.32. The molecule has 1 nitrogen and oxygen atoms in total. The van der Waals surface area contributed by atoms with Gasteiger partial charge in [0.25, 0.3) is 0 Å². The fourth-order valence-corrected chi connectivity index (χ4v) is 2.58. The first kappa shape index (κ1) is 6.66. The van der Waals surface area contributed by atoms with Crippen LogP contribution in [-0.4, -0.2) is 13.1 Å². The van der Waals surface area contributed by atoms with Gasteiger partial charge in [0.1, 0.15) is 0 Å². The Balaban J connectivity index is 1.97. The summed E-state index contributed by atoms with van der Waals surface area (Å²) in [4.78, 5) is 0. The lowest BCUT2D eigenvalue weighted by atomic mass is 9.96. The summed E-state index contributed by atoms with van der Waals surface area (Å²) in [5, 5.41) is 3.46. The molecule has 1 heteroatoms. The van der Waals surface area contributed by atoms with Gasteiger partial charge in [-0.15, -0.1) is 0 Å². The van der Waals surface area contributed by atoms with Gasteiger partial charge in [0.15, 0.2) is 0 Å². The van der Waals surface area contributed by atoms with E-state index >= 15 is 0 Å². The van der Waals surface area contributed by atoms with Crippen LogP contribution in [-0.2, 0) is 0 Å². The highest BCUT2D eigenvalue weighted by atomic mass is 15.0. The quantitative estimate of drug-likeness (QED) is 0.582. The van der Waals surface area contributed by atoms with E-state index in [0.29, 0.717) is 0 Å². The first-order valence-corrected chi connectivity index (χ1v) is 4.45. The lowest BCUT2D eigenvalue weighted by Crippen LogP contribution is -2.12.